The van der Waals surface area contributed by atoms with Gasteiger partial charge in [-0.2, -0.15) is 0 Å². The van der Waals surface area contributed by atoms with E-state index in [9.17, 15) is 4.79 Å². The molecule has 0 saturated heterocycles. The van der Waals surface area contributed by atoms with Crippen molar-refractivity contribution in [2.75, 3.05) is 10.6 Å². The van der Waals surface area contributed by atoms with Gasteiger partial charge in [0.05, 0.1) is 0 Å². The molecule has 0 unspecified atom stereocenters. The summed E-state index contributed by atoms with van der Waals surface area (Å²) in [5, 5.41) is 6.32. The number of anilines is 2. The van der Waals surface area contributed by atoms with Crippen molar-refractivity contribution in [2.45, 2.75) is 20.8 Å². The highest BCUT2D eigenvalue weighted by Gasteiger charge is 2.07. The second kappa shape index (κ2) is 5.97. The van der Waals surface area contributed by atoms with Gasteiger partial charge in [0.2, 0.25) is 0 Å². The van der Waals surface area contributed by atoms with Crippen LogP contribution in [0.1, 0.15) is 16.7 Å². The number of urea groups is 1. The van der Waals surface area contributed by atoms with E-state index in [0.717, 1.165) is 22.5 Å². The number of nitrogens with one attached hydrogen (secondary N) is 2. The van der Waals surface area contributed by atoms with E-state index in [1.807, 2.05) is 45.0 Å². The molecule has 0 radical (unpaired) electrons. The van der Waals surface area contributed by atoms with Crippen LogP contribution < -0.4 is 10.6 Å². The van der Waals surface area contributed by atoms with Gasteiger partial charge >= 0.3 is 6.03 Å². The van der Waals surface area contributed by atoms with Crippen LogP contribution in [0.15, 0.2) is 36.4 Å². The molecule has 2 aromatic carbocycles. The first kappa shape index (κ1) is 14.4. The third-order valence-corrected chi connectivity index (χ3v) is 3.30. The average molecular weight is 289 g/mol. The van der Waals surface area contributed by atoms with E-state index in [4.69, 9.17) is 11.6 Å². The average Bonchev–Trinajstić information content (AvgIpc) is 2.36. The number of benzene rings is 2. The van der Waals surface area contributed by atoms with E-state index in [-0.39, 0.29) is 6.03 Å². The van der Waals surface area contributed by atoms with Crippen molar-refractivity contribution < 1.29 is 4.79 Å². The SMILES string of the molecule is Cc1ccc(NC(=O)Nc2ccc(Cl)cc2C)c(C)c1. The van der Waals surface area contributed by atoms with Crippen molar-refractivity contribution in [3.63, 3.8) is 0 Å². The van der Waals surface area contributed by atoms with Crippen molar-refractivity contribution in [3.8, 4) is 0 Å². The summed E-state index contributed by atoms with van der Waals surface area (Å²) in [7, 11) is 0. The fourth-order valence-corrected chi connectivity index (χ4v) is 2.22. The fourth-order valence-electron chi connectivity index (χ4n) is 2.00. The first-order valence-corrected chi connectivity index (χ1v) is 6.75. The number of hydrogen-bond donors (Lipinski definition) is 2. The topological polar surface area (TPSA) is 41.1 Å². The Labute approximate surface area is 124 Å². The first-order chi connectivity index (χ1) is 9.45. The molecular formula is C16H17ClN2O. The van der Waals surface area contributed by atoms with Gasteiger partial charge in [0.1, 0.15) is 0 Å². The Morgan fingerprint density at radius 2 is 1.45 bits per heavy atom. The molecule has 2 rings (SSSR count). The Bertz CT molecular complexity index is 597. The Morgan fingerprint density at radius 1 is 0.900 bits per heavy atom. The molecule has 0 fully saturated rings. The third kappa shape index (κ3) is 3.52. The van der Waals surface area contributed by atoms with Crippen molar-refractivity contribution in [1.82, 2.24) is 0 Å². The minimum atomic E-state index is -0.262. The Hall–Kier alpha value is -2.00. The molecule has 0 saturated carbocycles. The highest BCUT2D eigenvalue weighted by molar-refractivity contribution is 6.30. The van der Waals surface area contributed by atoms with Gasteiger partial charge in [0.15, 0.2) is 0 Å². The maximum Gasteiger partial charge on any atom is 0.323 e. The van der Waals surface area contributed by atoms with Crippen LogP contribution in [0.25, 0.3) is 0 Å². The molecule has 0 spiro atoms. The Morgan fingerprint density at radius 3 is 2.00 bits per heavy atom. The van der Waals surface area contributed by atoms with E-state index in [2.05, 4.69) is 10.6 Å². The third-order valence-electron chi connectivity index (χ3n) is 3.07. The van der Waals surface area contributed by atoms with Gasteiger partial charge in [0, 0.05) is 16.4 Å². The highest BCUT2D eigenvalue weighted by atomic mass is 35.5. The molecule has 0 aliphatic rings. The number of amides is 2. The quantitative estimate of drug-likeness (QED) is 0.810. The number of rotatable bonds is 2. The second-order valence-electron chi connectivity index (χ2n) is 4.86. The summed E-state index contributed by atoms with van der Waals surface area (Å²) >= 11 is 5.89. The second-order valence-corrected chi connectivity index (χ2v) is 5.29. The van der Waals surface area contributed by atoms with Crippen LogP contribution in [0, 0.1) is 20.8 Å². The molecule has 2 amide bonds. The lowest BCUT2D eigenvalue weighted by atomic mass is 10.1. The number of carbonyl (C=O) groups excluding carboxylic acids is 1. The summed E-state index contributed by atoms with van der Waals surface area (Å²) in [6.07, 6.45) is 0. The zero-order valence-corrected chi connectivity index (χ0v) is 12.5. The molecule has 20 heavy (non-hydrogen) atoms. The van der Waals surface area contributed by atoms with E-state index in [0.29, 0.717) is 5.02 Å². The number of carbonyl (C=O) groups is 1. The predicted molar refractivity (Wildman–Crippen MR) is 84.7 cm³/mol. The zero-order chi connectivity index (χ0) is 14.7. The zero-order valence-electron chi connectivity index (χ0n) is 11.8. The maximum absolute atomic E-state index is 12.0. The molecule has 0 atom stereocenters. The van der Waals surface area contributed by atoms with Gasteiger partial charge in [-0.05, 0) is 56.2 Å². The molecule has 0 bridgehead atoms. The van der Waals surface area contributed by atoms with Crippen molar-refractivity contribution in [1.29, 1.82) is 0 Å². The van der Waals surface area contributed by atoms with Crippen molar-refractivity contribution in [2.24, 2.45) is 0 Å². The van der Waals surface area contributed by atoms with Gasteiger partial charge < -0.3 is 10.6 Å². The lowest BCUT2D eigenvalue weighted by molar-refractivity contribution is 0.262. The van der Waals surface area contributed by atoms with Gasteiger partial charge in [0.25, 0.3) is 0 Å². The number of hydrogen-bond acceptors (Lipinski definition) is 1. The summed E-state index contributed by atoms with van der Waals surface area (Å²) in [5.74, 6) is 0. The molecule has 0 aliphatic carbocycles. The summed E-state index contributed by atoms with van der Waals surface area (Å²) < 4.78 is 0. The lowest BCUT2D eigenvalue weighted by Gasteiger charge is -2.12. The standard InChI is InChI=1S/C16H17ClN2O/c1-10-4-6-14(11(2)8-10)18-16(20)19-15-7-5-13(17)9-12(15)3/h4-9H,1-3H3,(H2,18,19,20). The molecule has 104 valence electrons. The molecular weight excluding hydrogens is 272 g/mol. The maximum atomic E-state index is 12.0. The molecule has 0 aliphatic heterocycles. The summed E-state index contributed by atoms with van der Waals surface area (Å²) in [6, 6.07) is 11.0. The van der Waals surface area contributed by atoms with E-state index < -0.39 is 0 Å². The monoisotopic (exact) mass is 288 g/mol. The van der Waals surface area contributed by atoms with E-state index >= 15 is 0 Å². The van der Waals surface area contributed by atoms with Gasteiger partial charge in [-0.1, -0.05) is 29.3 Å². The number of aryl methyl sites for hydroxylation is 3. The van der Waals surface area contributed by atoms with Crippen LogP contribution in [0.4, 0.5) is 16.2 Å². The van der Waals surface area contributed by atoms with Crippen LogP contribution in [0.5, 0.6) is 0 Å². The van der Waals surface area contributed by atoms with Gasteiger partial charge in [-0.3, -0.25) is 0 Å². The smallest absolute Gasteiger partial charge is 0.307 e. The fraction of sp³-hybridized carbons (Fsp3) is 0.188. The molecule has 0 aromatic heterocycles. The van der Waals surface area contributed by atoms with Crippen LogP contribution in [0.2, 0.25) is 5.02 Å². The molecule has 4 heteroatoms. The normalized spacial score (nSPS) is 10.2. The van der Waals surface area contributed by atoms with Gasteiger partial charge in [-0.15, -0.1) is 0 Å². The molecule has 2 aromatic rings. The Balaban J connectivity index is 2.09. The lowest BCUT2D eigenvalue weighted by Crippen LogP contribution is -2.20. The molecule has 0 heterocycles. The van der Waals surface area contributed by atoms with E-state index in [1.54, 1.807) is 12.1 Å². The number of halogens is 1. The molecule has 2 N–H and O–H groups in total. The van der Waals surface area contributed by atoms with Crippen LogP contribution >= 0.6 is 11.6 Å². The largest absolute Gasteiger partial charge is 0.323 e. The van der Waals surface area contributed by atoms with Crippen molar-refractivity contribution >= 4 is 29.0 Å². The Kier molecular flexibility index (Phi) is 4.30. The van der Waals surface area contributed by atoms with Gasteiger partial charge in [-0.25, -0.2) is 4.79 Å². The highest BCUT2D eigenvalue weighted by Crippen LogP contribution is 2.20. The van der Waals surface area contributed by atoms with Crippen LogP contribution in [0.3, 0.4) is 0 Å². The summed E-state index contributed by atoms with van der Waals surface area (Å²) in [4.78, 5) is 12.0. The minimum absolute atomic E-state index is 0.262. The predicted octanol–water partition coefficient (Wildman–Crippen LogP) is 4.91. The van der Waals surface area contributed by atoms with Crippen LogP contribution in [-0.2, 0) is 0 Å². The van der Waals surface area contributed by atoms with Crippen molar-refractivity contribution in [3.05, 3.63) is 58.1 Å². The first-order valence-electron chi connectivity index (χ1n) is 6.37. The summed E-state index contributed by atoms with van der Waals surface area (Å²) in [5.41, 5.74) is 4.68. The minimum Gasteiger partial charge on any atom is -0.307 e. The summed E-state index contributed by atoms with van der Waals surface area (Å²) in [6.45, 7) is 5.89. The molecule has 3 nitrogen and oxygen atoms in total. The van der Waals surface area contributed by atoms with Crippen LogP contribution in [-0.4, -0.2) is 6.03 Å². The van der Waals surface area contributed by atoms with E-state index in [1.165, 1.54) is 5.56 Å².